The molecule has 0 aromatic carbocycles. The maximum absolute atomic E-state index is 4.37. The maximum atomic E-state index is 4.37. The van der Waals surface area contributed by atoms with E-state index in [1.165, 1.54) is 44.1 Å². The van der Waals surface area contributed by atoms with Crippen LogP contribution in [0.15, 0.2) is 11.6 Å². The summed E-state index contributed by atoms with van der Waals surface area (Å²) in [5.41, 5.74) is 1.53. The molecule has 0 saturated carbocycles. The third-order valence-electron chi connectivity index (χ3n) is 2.36. The van der Waals surface area contributed by atoms with Crippen LogP contribution in [0.1, 0.15) is 59.3 Å². The largest absolute Gasteiger partial charge is 0.175 e. The summed E-state index contributed by atoms with van der Waals surface area (Å²) in [6.45, 7) is 6.80. The van der Waals surface area contributed by atoms with Crippen molar-refractivity contribution < 1.29 is 0 Å². The summed E-state index contributed by atoms with van der Waals surface area (Å²) in [5.74, 6) is 1.70. The highest BCUT2D eigenvalue weighted by Crippen LogP contribution is 2.14. The van der Waals surface area contributed by atoms with Gasteiger partial charge in [-0.3, -0.25) is 0 Å². The van der Waals surface area contributed by atoms with Crippen LogP contribution < -0.4 is 0 Å². The highest BCUT2D eigenvalue weighted by molar-refractivity contribution is 7.80. The van der Waals surface area contributed by atoms with Crippen molar-refractivity contribution in [1.82, 2.24) is 0 Å². The number of unbranched alkanes of at least 4 members (excludes halogenated alkanes) is 4. The monoisotopic (exact) mass is 214 g/mol. The Balaban J connectivity index is 3.59. The second kappa shape index (κ2) is 9.64. The standard InChI is InChI=1S/C13H26S/c1-4-5-6-7-8-9-13(11-14)10-12(2)3/h9,12,14H,4-8,10-11H2,1-3H3/b13-9+. The van der Waals surface area contributed by atoms with Crippen LogP contribution in [-0.4, -0.2) is 5.75 Å². The van der Waals surface area contributed by atoms with Crippen LogP contribution in [0.2, 0.25) is 0 Å². The van der Waals surface area contributed by atoms with E-state index in [-0.39, 0.29) is 0 Å². The van der Waals surface area contributed by atoms with E-state index in [2.05, 4.69) is 39.5 Å². The second-order valence-electron chi connectivity index (χ2n) is 4.47. The van der Waals surface area contributed by atoms with Gasteiger partial charge in [0.2, 0.25) is 0 Å². The molecule has 0 bridgehead atoms. The molecule has 0 nitrogen and oxygen atoms in total. The highest BCUT2D eigenvalue weighted by Gasteiger charge is 1.98. The lowest BCUT2D eigenvalue weighted by atomic mass is 10.0. The third kappa shape index (κ3) is 8.68. The summed E-state index contributed by atoms with van der Waals surface area (Å²) >= 11 is 4.37. The normalized spacial score (nSPS) is 12.5. The van der Waals surface area contributed by atoms with Gasteiger partial charge in [0.25, 0.3) is 0 Å². The van der Waals surface area contributed by atoms with E-state index in [9.17, 15) is 0 Å². The smallest absolute Gasteiger partial charge is 0.0113 e. The molecule has 0 aromatic rings. The summed E-state index contributed by atoms with van der Waals surface area (Å²) < 4.78 is 0. The molecule has 0 unspecified atom stereocenters. The van der Waals surface area contributed by atoms with Gasteiger partial charge in [0.05, 0.1) is 0 Å². The van der Waals surface area contributed by atoms with Gasteiger partial charge >= 0.3 is 0 Å². The topological polar surface area (TPSA) is 0 Å². The average Bonchev–Trinajstić information content (AvgIpc) is 2.15. The van der Waals surface area contributed by atoms with Crippen LogP contribution in [0, 0.1) is 5.92 Å². The summed E-state index contributed by atoms with van der Waals surface area (Å²) in [6, 6.07) is 0. The molecule has 0 aliphatic carbocycles. The summed E-state index contributed by atoms with van der Waals surface area (Å²) in [5, 5.41) is 0. The van der Waals surface area contributed by atoms with Gasteiger partial charge in [-0.25, -0.2) is 0 Å². The van der Waals surface area contributed by atoms with Crippen molar-refractivity contribution in [3.63, 3.8) is 0 Å². The molecular formula is C13H26S. The van der Waals surface area contributed by atoms with Gasteiger partial charge in [0.15, 0.2) is 0 Å². The molecule has 14 heavy (non-hydrogen) atoms. The first kappa shape index (κ1) is 14.1. The summed E-state index contributed by atoms with van der Waals surface area (Å²) in [6.07, 6.45) is 10.3. The molecule has 0 aromatic heterocycles. The van der Waals surface area contributed by atoms with Crippen molar-refractivity contribution in [2.75, 3.05) is 5.75 Å². The van der Waals surface area contributed by atoms with Crippen molar-refractivity contribution in [1.29, 1.82) is 0 Å². The van der Waals surface area contributed by atoms with Gasteiger partial charge < -0.3 is 0 Å². The van der Waals surface area contributed by atoms with E-state index < -0.39 is 0 Å². The van der Waals surface area contributed by atoms with Crippen LogP contribution in [0.4, 0.5) is 0 Å². The van der Waals surface area contributed by atoms with Gasteiger partial charge in [0.1, 0.15) is 0 Å². The molecule has 0 heterocycles. The molecule has 0 aliphatic rings. The first-order valence-electron chi connectivity index (χ1n) is 5.99. The van der Waals surface area contributed by atoms with Crippen LogP contribution in [-0.2, 0) is 0 Å². The Bertz CT molecular complexity index is 147. The minimum Gasteiger partial charge on any atom is -0.175 e. The first-order valence-corrected chi connectivity index (χ1v) is 6.62. The van der Waals surface area contributed by atoms with E-state index in [0.717, 1.165) is 11.7 Å². The number of thiol groups is 1. The Morgan fingerprint density at radius 2 is 1.93 bits per heavy atom. The van der Waals surface area contributed by atoms with Gasteiger partial charge in [0, 0.05) is 5.75 Å². The van der Waals surface area contributed by atoms with Crippen molar-refractivity contribution in [3.05, 3.63) is 11.6 Å². The van der Waals surface area contributed by atoms with E-state index in [1.54, 1.807) is 0 Å². The number of rotatable bonds is 8. The fourth-order valence-corrected chi connectivity index (χ4v) is 1.87. The lowest BCUT2D eigenvalue weighted by Crippen LogP contribution is -1.93. The lowest BCUT2D eigenvalue weighted by Gasteiger charge is -2.07. The zero-order valence-corrected chi connectivity index (χ0v) is 10.9. The van der Waals surface area contributed by atoms with Crippen LogP contribution >= 0.6 is 12.6 Å². The van der Waals surface area contributed by atoms with Crippen molar-refractivity contribution in [2.24, 2.45) is 5.92 Å². The quantitative estimate of drug-likeness (QED) is 0.333. The Hall–Kier alpha value is 0.0900. The van der Waals surface area contributed by atoms with E-state index in [1.807, 2.05) is 0 Å². The minimum absolute atomic E-state index is 0.768. The van der Waals surface area contributed by atoms with Gasteiger partial charge in [-0.1, -0.05) is 51.7 Å². The molecular weight excluding hydrogens is 188 g/mol. The predicted octanol–water partition coefficient (Wildman–Crippen LogP) is 4.86. The zero-order chi connectivity index (χ0) is 10.8. The molecule has 0 saturated heterocycles. The van der Waals surface area contributed by atoms with E-state index in [0.29, 0.717) is 0 Å². The SMILES string of the molecule is CCCCCC/C=C(/CS)CC(C)C. The number of allylic oxidation sites excluding steroid dienone is 1. The summed E-state index contributed by atoms with van der Waals surface area (Å²) in [4.78, 5) is 0. The predicted molar refractivity (Wildman–Crippen MR) is 70.2 cm³/mol. The third-order valence-corrected chi connectivity index (χ3v) is 2.77. The number of hydrogen-bond acceptors (Lipinski definition) is 1. The molecule has 0 amide bonds. The molecule has 0 fully saturated rings. The van der Waals surface area contributed by atoms with E-state index in [4.69, 9.17) is 0 Å². The lowest BCUT2D eigenvalue weighted by molar-refractivity contribution is 0.635. The van der Waals surface area contributed by atoms with Crippen molar-refractivity contribution in [3.8, 4) is 0 Å². The molecule has 0 N–H and O–H groups in total. The van der Waals surface area contributed by atoms with Crippen molar-refractivity contribution in [2.45, 2.75) is 59.3 Å². The molecule has 0 spiro atoms. The van der Waals surface area contributed by atoms with Gasteiger partial charge in [-0.05, 0) is 25.2 Å². The van der Waals surface area contributed by atoms with E-state index >= 15 is 0 Å². The van der Waals surface area contributed by atoms with Gasteiger partial charge in [-0.15, -0.1) is 0 Å². The van der Waals surface area contributed by atoms with Crippen LogP contribution in [0.25, 0.3) is 0 Å². The van der Waals surface area contributed by atoms with Crippen LogP contribution in [0.5, 0.6) is 0 Å². The molecule has 1 heteroatoms. The Morgan fingerprint density at radius 1 is 1.21 bits per heavy atom. The molecule has 0 atom stereocenters. The second-order valence-corrected chi connectivity index (χ2v) is 4.78. The Morgan fingerprint density at radius 3 is 2.43 bits per heavy atom. The number of hydrogen-bond donors (Lipinski definition) is 1. The fraction of sp³-hybridized carbons (Fsp3) is 0.846. The molecule has 0 radical (unpaired) electrons. The average molecular weight is 214 g/mol. The first-order chi connectivity index (χ1) is 6.70. The zero-order valence-electron chi connectivity index (χ0n) is 10.1. The molecule has 0 rings (SSSR count). The summed E-state index contributed by atoms with van der Waals surface area (Å²) in [7, 11) is 0. The minimum atomic E-state index is 0.768. The highest BCUT2D eigenvalue weighted by atomic mass is 32.1. The van der Waals surface area contributed by atoms with Crippen LogP contribution in [0.3, 0.4) is 0 Å². The molecule has 84 valence electrons. The van der Waals surface area contributed by atoms with Crippen molar-refractivity contribution >= 4 is 12.6 Å². The van der Waals surface area contributed by atoms with Gasteiger partial charge in [-0.2, -0.15) is 12.6 Å². The maximum Gasteiger partial charge on any atom is 0.0113 e. The Kier molecular flexibility index (Phi) is 9.70. The Labute approximate surface area is 95.6 Å². The molecule has 0 aliphatic heterocycles. The fourth-order valence-electron chi connectivity index (χ4n) is 1.61.